The van der Waals surface area contributed by atoms with Crippen molar-refractivity contribution < 1.29 is 4.79 Å². The van der Waals surface area contributed by atoms with E-state index in [1.165, 1.54) is 12.8 Å². The number of thioether (sulfide) groups is 1. The molecule has 2 aromatic carbocycles. The summed E-state index contributed by atoms with van der Waals surface area (Å²) < 4.78 is 0. The highest BCUT2D eigenvalue weighted by atomic mass is 35.5. The third-order valence-electron chi connectivity index (χ3n) is 5.29. The van der Waals surface area contributed by atoms with Crippen LogP contribution in [0.1, 0.15) is 40.5 Å². The van der Waals surface area contributed by atoms with Gasteiger partial charge in [-0.05, 0) is 61.8 Å². The highest BCUT2D eigenvalue weighted by Gasteiger charge is 2.25. The van der Waals surface area contributed by atoms with E-state index >= 15 is 0 Å². The number of likely N-dealkylation sites (tertiary alicyclic amines) is 1. The molecule has 156 valence electrons. The molecule has 1 amide bonds. The molecule has 7 heteroatoms. The van der Waals surface area contributed by atoms with E-state index in [9.17, 15) is 4.79 Å². The normalized spacial score (nSPS) is 15.2. The Morgan fingerprint density at radius 3 is 2.63 bits per heavy atom. The number of amides is 1. The van der Waals surface area contributed by atoms with Gasteiger partial charge in [0, 0.05) is 33.2 Å². The van der Waals surface area contributed by atoms with Crippen LogP contribution in [0.3, 0.4) is 0 Å². The number of thiazole rings is 1. The van der Waals surface area contributed by atoms with Crippen LogP contribution in [0.25, 0.3) is 0 Å². The number of rotatable bonds is 8. The zero-order chi connectivity index (χ0) is 20.8. The minimum atomic E-state index is -0.0534. The average Bonchev–Trinajstić information content (AvgIpc) is 3.48. The first-order chi connectivity index (χ1) is 14.7. The average molecular weight is 458 g/mol. The molecule has 0 bridgehead atoms. The summed E-state index contributed by atoms with van der Waals surface area (Å²) in [5.41, 5.74) is 4.68. The summed E-state index contributed by atoms with van der Waals surface area (Å²) in [5, 5.41) is 5.94. The van der Waals surface area contributed by atoms with Crippen LogP contribution in [0.15, 0.2) is 64.3 Å². The van der Waals surface area contributed by atoms with Gasteiger partial charge in [-0.15, -0.1) is 23.1 Å². The van der Waals surface area contributed by atoms with Gasteiger partial charge in [0.25, 0.3) is 5.91 Å². The minimum Gasteiger partial charge on any atom is -0.350 e. The Kier molecular flexibility index (Phi) is 7.44. The fourth-order valence-corrected chi connectivity index (χ4v) is 5.42. The lowest BCUT2D eigenvalue weighted by Gasteiger charge is -2.29. The van der Waals surface area contributed by atoms with E-state index in [2.05, 4.69) is 26.6 Å². The fourth-order valence-electron chi connectivity index (χ4n) is 3.69. The van der Waals surface area contributed by atoms with E-state index in [0.29, 0.717) is 12.1 Å². The minimum absolute atomic E-state index is 0.0534. The third-order valence-corrected chi connectivity index (χ3v) is 7.31. The first kappa shape index (κ1) is 21.4. The van der Waals surface area contributed by atoms with E-state index in [-0.39, 0.29) is 11.9 Å². The quantitative estimate of drug-likeness (QED) is 0.443. The Hall–Kier alpha value is -1.86. The third kappa shape index (κ3) is 5.43. The van der Waals surface area contributed by atoms with Crippen molar-refractivity contribution in [2.45, 2.75) is 29.5 Å². The van der Waals surface area contributed by atoms with Crippen molar-refractivity contribution in [3.05, 3.63) is 81.3 Å². The fraction of sp³-hybridized carbons (Fsp3) is 0.304. The zero-order valence-electron chi connectivity index (χ0n) is 16.6. The van der Waals surface area contributed by atoms with Gasteiger partial charge in [0.1, 0.15) is 0 Å². The molecule has 2 heterocycles. The second-order valence-corrected chi connectivity index (χ2v) is 9.46. The number of hydrogen-bond acceptors (Lipinski definition) is 5. The molecular formula is C23H24ClN3OS2. The van der Waals surface area contributed by atoms with Crippen LogP contribution in [0.2, 0.25) is 5.02 Å². The number of carbonyl (C=O) groups is 1. The van der Waals surface area contributed by atoms with E-state index < -0.39 is 0 Å². The first-order valence-electron chi connectivity index (χ1n) is 10.1. The van der Waals surface area contributed by atoms with Crippen molar-refractivity contribution >= 4 is 40.6 Å². The lowest BCUT2D eigenvalue weighted by molar-refractivity contribution is 0.0938. The lowest BCUT2D eigenvalue weighted by Crippen LogP contribution is -2.37. The maximum atomic E-state index is 12.8. The van der Waals surface area contributed by atoms with Crippen LogP contribution in [0.5, 0.6) is 0 Å². The number of nitrogens with zero attached hydrogens (tertiary/aromatic N) is 2. The van der Waals surface area contributed by atoms with Crippen LogP contribution in [0.4, 0.5) is 0 Å². The summed E-state index contributed by atoms with van der Waals surface area (Å²) in [7, 11) is 0. The molecule has 0 saturated carbocycles. The molecule has 3 aromatic rings. The van der Waals surface area contributed by atoms with E-state index in [1.54, 1.807) is 23.1 Å². The molecule has 0 spiro atoms. The summed E-state index contributed by atoms with van der Waals surface area (Å²) in [6.07, 6.45) is 2.38. The molecule has 1 aliphatic heterocycles. The molecular weight excluding hydrogens is 434 g/mol. The molecule has 1 aliphatic rings. The standard InChI is InChI=1S/C23H24ClN3OS2/c24-21-6-2-1-5-20(21)22(27-11-3-4-12-27)13-25-23(28)17-7-9-19(10-8-17)30-15-18-14-29-16-26-18/h1-2,5-10,14,16,22H,3-4,11-13,15H2,(H,25,28). The smallest absolute Gasteiger partial charge is 0.251 e. The van der Waals surface area contributed by atoms with Gasteiger partial charge in [-0.3, -0.25) is 9.69 Å². The summed E-state index contributed by atoms with van der Waals surface area (Å²) in [5.74, 6) is 0.784. The Morgan fingerprint density at radius 2 is 1.93 bits per heavy atom. The molecule has 30 heavy (non-hydrogen) atoms. The topological polar surface area (TPSA) is 45.2 Å². The number of halogens is 1. The zero-order valence-corrected chi connectivity index (χ0v) is 19.0. The monoisotopic (exact) mass is 457 g/mol. The molecule has 1 saturated heterocycles. The van der Waals surface area contributed by atoms with E-state index in [1.807, 2.05) is 48.0 Å². The summed E-state index contributed by atoms with van der Waals surface area (Å²) in [6.45, 7) is 2.62. The molecule has 1 aromatic heterocycles. The van der Waals surface area contributed by atoms with E-state index in [0.717, 1.165) is 40.0 Å². The number of benzene rings is 2. The molecule has 4 rings (SSSR count). The molecule has 1 N–H and O–H groups in total. The number of nitrogens with one attached hydrogen (secondary N) is 1. The van der Waals surface area contributed by atoms with Crippen molar-refractivity contribution in [2.75, 3.05) is 19.6 Å². The van der Waals surface area contributed by atoms with Gasteiger partial charge in [-0.25, -0.2) is 4.98 Å². The number of aromatic nitrogens is 1. The lowest BCUT2D eigenvalue weighted by atomic mass is 10.0. The van der Waals surface area contributed by atoms with Gasteiger partial charge >= 0.3 is 0 Å². The number of carbonyl (C=O) groups excluding carboxylic acids is 1. The Labute approximate surface area is 190 Å². The van der Waals surface area contributed by atoms with Gasteiger partial charge in [-0.2, -0.15) is 0 Å². The molecule has 1 atom stereocenters. The molecule has 1 fully saturated rings. The predicted octanol–water partition coefficient (Wildman–Crippen LogP) is 5.66. The van der Waals surface area contributed by atoms with Crippen molar-refractivity contribution in [1.82, 2.24) is 15.2 Å². The second-order valence-electron chi connectivity index (χ2n) is 7.28. The summed E-state index contributed by atoms with van der Waals surface area (Å²) in [6, 6.07) is 15.8. The van der Waals surface area contributed by atoms with Gasteiger partial charge in [-0.1, -0.05) is 29.8 Å². The highest BCUT2D eigenvalue weighted by molar-refractivity contribution is 7.98. The summed E-state index contributed by atoms with van der Waals surface area (Å²) >= 11 is 9.80. The van der Waals surface area contributed by atoms with Gasteiger partial charge in [0.15, 0.2) is 0 Å². The first-order valence-corrected chi connectivity index (χ1v) is 12.4. The number of hydrogen-bond donors (Lipinski definition) is 1. The van der Waals surface area contributed by atoms with Gasteiger partial charge < -0.3 is 5.32 Å². The van der Waals surface area contributed by atoms with Crippen molar-refractivity contribution in [3.8, 4) is 0 Å². The van der Waals surface area contributed by atoms with Crippen LogP contribution in [0, 0.1) is 0 Å². The predicted molar refractivity (Wildman–Crippen MR) is 125 cm³/mol. The largest absolute Gasteiger partial charge is 0.350 e. The van der Waals surface area contributed by atoms with Crippen LogP contribution in [-0.4, -0.2) is 35.4 Å². The Bertz CT molecular complexity index is 957. The van der Waals surface area contributed by atoms with E-state index in [4.69, 9.17) is 11.6 Å². The van der Waals surface area contributed by atoms with Crippen molar-refractivity contribution in [1.29, 1.82) is 0 Å². The summed E-state index contributed by atoms with van der Waals surface area (Å²) in [4.78, 5) is 20.6. The Balaban J connectivity index is 1.37. The van der Waals surface area contributed by atoms with Crippen molar-refractivity contribution in [2.24, 2.45) is 0 Å². The van der Waals surface area contributed by atoms with Gasteiger partial charge in [0.05, 0.1) is 17.2 Å². The molecule has 4 nitrogen and oxygen atoms in total. The second kappa shape index (κ2) is 10.4. The maximum absolute atomic E-state index is 12.8. The Morgan fingerprint density at radius 1 is 1.17 bits per heavy atom. The highest BCUT2D eigenvalue weighted by Crippen LogP contribution is 2.30. The molecule has 0 aliphatic carbocycles. The van der Waals surface area contributed by atoms with Crippen LogP contribution < -0.4 is 5.32 Å². The van der Waals surface area contributed by atoms with Crippen LogP contribution >= 0.6 is 34.7 Å². The SMILES string of the molecule is O=C(NCC(c1ccccc1Cl)N1CCCC1)c1ccc(SCc2cscn2)cc1. The molecule has 0 radical (unpaired) electrons. The molecule has 1 unspecified atom stereocenters. The maximum Gasteiger partial charge on any atom is 0.251 e. The van der Waals surface area contributed by atoms with Crippen molar-refractivity contribution in [3.63, 3.8) is 0 Å². The van der Waals surface area contributed by atoms with Gasteiger partial charge in [0.2, 0.25) is 0 Å². The van der Waals surface area contributed by atoms with Crippen LogP contribution in [-0.2, 0) is 5.75 Å².